The number of aromatic amines is 1. The molecule has 0 unspecified atom stereocenters. The highest BCUT2D eigenvalue weighted by Crippen LogP contribution is 2.19. The van der Waals surface area contributed by atoms with Gasteiger partial charge in [0.2, 0.25) is 11.3 Å². The van der Waals surface area contributed by atoms with E-state index in [4.69, 9.17) is 5.11 Å². The zero-order valence-electron chi connectivity index (χ0n) is 9.78. The van der Waals surface area contributed by atoms with E-state index in [1.54, 1.807) is 0 Å². The number of hydrogen-bond acceptors (Lipinski definition) is 3. The molecule has 7 heteroatoms. The van der Waals surface area contributed by atoms with Gasteiger partial charge in [0.25, 0.3) is 0 Å². The number of rotatable bonds is 2. The summed E-state index contributed by atoms with van der Waals surface area (Å²) in [5, 5.41) is 11.0. The molecule has 1 aromatic heterocycles. The SMILES string of the molecule is CC(=O)Nc1cc2[nH]cc(C(=O)O)c(=O)c2cc1F. The minimum Gasteiger partial charge on any atom is -0.477 e. The second kappa shape index (κ2) is 4.52. The quantitative estimate of drug-likeness (QED) is 0.761. The van der Waals surface area contributed by atoms with Crippen molar-refractivity contribution in [1.82, 2.24) is 4.98 Å². The fraction of sp³-hybridized carbons (Fsp3) is 0.0833. The number of halogens is 1. The summed E-state index contributed by atoms with van der Waals surface area (Å²) in [6.07, 6.45) is 1.03. The summed E-state index contributed by atoms with van der Waals surface area (Å²) in [6.45, 7) is 1.22. The monoisotopic (exact) mass is 264 g/mol. The second-order valence-corrected chi connectivity index (χ2v) is 3.90. The summed E-state index contributed by atoms with van der Waals surface area (Å²) in [5.41, 5.74) is -1.10. The molecule has 98 valence electrons. The molecule has 2 rings (SSSR count). The lowest BCUT2D eigenvalue weighted by atomic mass is 10.1. The van der Waals surface area contributed by atoms with Crippen LogP contribution in [0.4, 0.5) is 10.1 Å². The molecule has 0 atom stereocenters. The van der Waals surface area contributed by atoms with Crippen LogP contribution in [-0.4, -0.2) is 22.0 Å². The van der Waals surface area contributed by atoms with Crippen LogP contribution in [0, 0.1) is 5.82 Å². The van der Waals surface area contributed by atoms with E-state index in [2.05, 4.69) is 10.3 Å². The molecule has 2 aromatic rings. The molecule has 0 aliphatic rings. The van der Waals surface area contributed by atoms with Crippen molar-refractivity contribution < 1.29 is 19.1 Å². The molecule has 0 saturated heterocycles. The van der Waals surface area contributed by atoms with Crippen LogP contribution in [0.2, 0.25) is 0 Å². The Kier molecular flexibility index (Phi) is 3.04. The zero-order valence-corrected chi connectivity index (χ0v) is 9.78. The second-order valence-electron chi connectivity index (χ2n) is 3.90. The van der Waals surface area contributed by atoms with Crippen molar-refractivity contribution in [3.05, 3.63) is 39.9 Å². The number of amides is 1. The normalized spacial score (nSPS) is 10.4. The Balaban J connectivity index is 2.71. The van der Waals surface area contributed by atoms with Crippen LogP contribution in [-0.2, 0) is 4.79 Å². The van der Waals surface area contributed by atoms with Gasteiger partial charge in [-0.05, 0) is 12.1 Å². The average molecular weight is 264 g/mol. The summed E-state index contributed by atoms with van der Waals surface area (Å²) in [7, 11) is 0. The van der Waals surface area contributed by atoms with Crippen LogP contribution >= 0.6 is 0 Å². The topological polar surface area (TPSA) is 99.3 Å². The van der Waals surface area contributed by atoms with Crippen molar-refractivity contribution in [2.45, 2.75) is 6.92 Å². The molecule has 3 N–H and O–H groups in total. The maximum absolute atomic E-state index is 13.7. The number of nitrogens with one attached hydrogen (secondary N) is 2. The molecule has 6 nitrogen and oxygen atoms in total. The minimum absolute atomic E-state index is 0.0845. The van der Waals surface area contributed by atoms with Crippen LogP contribution < -0.4 is 10.7 Å². The molecule has 1 heterocycles. The number of pyridine rings is 1. The van der Waals surface area contributed by atoms with E-state index in [0.717, 1.165) is 12.3 Å². The van der Waals surface area contributed by atoms with E-state index < -0.39 is 28.7 Å². The number of benzene rings is 1. The van der Waals surface area contributed by atoms with Gasteiger partial charge in [-0.1, -0.05) is 0 Å². The predicted octanol–water partition coefficient (Wildman–Crippen LogP) is 1.32. The maximum atomic E-state index is 13.7. The molecular weight excluding hydrogens is 255 g/mol. The highest BCUT2D eigenvalue weighted by molar-refractivity contribution is 5.95. The smallest absolute Gasteiger partial charge is 0.341 e. The maximum Gasteiger partial charge on any atom is 0.341 e. The van der Waals surface area contributed by atoms with Crippen LogP contribution in [0.3, 0.4) is 0 Å². The summed E-state index contributed by atoms with van der Waals surface area (Å²) >= 11 is 0. The van der Waals surface area contributed by atoms with Crippen molar-refractivity contribution in [2.24, 2.45) is 0 Å². The lowest BCUT2D eigenvalue weighted by Crippen LogP contribution is -2.16. The van der Waals surface area contributed by atoms with Gasteiger partial charge in [-0.15, -0.1) is 0 Å². The molecule has 0 aliphatic carbocycles. The van der Waals surface area contributed by atoms with E-state index in [0.29, 0.717) is 0 Å². The van der Waals surface area contributed by atoms with Crippen LogP contribution in [0.25, 0.3) is 10.9 Å². The van der Waals surface area contributed by atoms with Crippen molar-refractivity contribution in [1.29, 1.82) is 0 Å². The lowest BCUT2D eigenvalue weighted by molar-refractivity contribution is -0.114. The third-order valence-corrected chi connectivity index (χ3v) is 2.51. The number of fused-ring (bicyclic) bond motifs is 1. The Morgan fingerprint density at radius 1 is 1.37 bits per heavy atom. The molecule has 19 heavy (non-hydrogen) atoms. The van der Waals surface area contributed by atoms with E-state index in [9.17, 15) is 18.8 Å². The Bertz CT molecular complexity index is 751. The largest absolute Gasteiger partial charge is 0.477 e. The van der Waals surface area contributed by atoms with Gasteiger partial charge in [-0.2, -0.15) is 0 Å². The van der Waals surface area contributed by atoms with Gasteiger partial charge in [0, 0.05) is 18.5 Å². The molecule has 0 bridgehead atoms. The standard InChI is InChI=1S/C12H9FN2O4/c1-5(16)15-10-3-9-6(2-8(10)13)11(17)7(4-14-9)12(18)19/h2-4H,1H3,(H,14,17)(H,15,16)(H,18,19). The predicted molar refractivity (Wildman–Crippen MR) is 65.8 cm³/mol. The van der Waals surface area contributed by atoms with Crippen molar-refractivity contribution in [2.75, 3.05) is 5.32 Å². The van der Waals surface area contributed by atoms with Crippen LogP contribution in [0.1, 0.15) is 17.3 Å². The number of carbonyl (C=O) groups is 2. The Morgan fingerprint density at radius 2 is 2.05 bits per heavy atom. The van der Waals surface area contributed by atoms with E-state index >= 15 is 0 Å². The molecule has 0 radical (unpaired) electrons. The number of carboxylic acids is 1. The Morgan fingerprint density at radius 3 is 2.63 bits per heavy atom. The van der Waals surface area contributed by atoms with Crippen molar-refractivity contribution >= 4 is 28.5 Å². The fourth-order valence-corrected chi connectivity index (χ4v) is 1.69. The number of anilines is 1. The number of H-pyrrole nitrogens is 1. The summed E-state index contributed by atoms with van der Waals surface area (Å²) < 4.78 is 13.7. The number of carbonyl (C=O) groups excluding carboxylic acids is 1. The summed E-state index contributed by atoms with van der Waals surface area (Å²) in [4.78, 5) is 36.1. The van der Waals surface area contributed by atoms with E-state index in [1.807, 2.05) is 0 Å². The van der Waals surface area contributed by atoms with Gasteiger partial charge in [-0.3, -0.25) is 9.59 Å². The molecule has 0 saturated carbocycles. The minimum atomic E-state index is -1.39. The first-order valence-corrected chi connectivity index (χ1v) is 5.26. The fourth-order valence-electron chi connectivity index (χ4n) is 1.69. The third-order valence-electron chi connectivity index (χ3n) is 2.51. The van der Waals surface area contributed by atoms with Crippen LogP contribution in [0.5, 0.6) is 0 Å². The lowest BCUT2D eigenvalue weighted by Gasteiger charge is -2.06. The number of aromatic carboxylic acids is 1. The Hall–Kier alpha value is -2.70. The van der Waals surface area contributed by atoms with Gasteiger partial charge in [0.05, 0.1) is 11.2 Å². The van der Waals surface area contributed by atoms with Crippen molar-refractivity contribution in [3.63, 3.8) is 0 Å². The first kappa shape index (κ1) is 12.7. The summed E-state index contributed by atoms with van der Waals surface area (Å²) in [6, 6.07) is 2.13. The van der Waals surface area contributed by atoms with Gasteiger partial charge in [0.1, 0.15) is 11.4 Å². The number of aromatic nitrogens is 1. The first-order valence-electron chi connectivity index (χ1n) is 5.26. The highest BCUT2D eigenvalue weighted by Gasteiger charge is 2.14. The van der Waals surface area contributed by atoms with Gasteiger partial charge >= 0.3 is 5.97 Å². The summed E-state index contributed by atoms with van der Waals surface area (Å²) in [5.74, 6) is -2.66. The van der Waals surface area contributed by atoms with Gasteiger partial charge < -0.3 is 15.4 Å². The number of hydrogen-bond donors (Lipinski definition) is 3. The average Bonchev–Trinajstić information content (AvgIpc) is 2.30. The van der Waals surface area contributed by atoms with E-state index in [1.165, 1.54) is 13.0 Å². The zero-order chi connectivity index (χ0) is 14.2. The molecule has 0 aliphatic heterocycles. The number of carboxylic acid groups (broad SMARTS) is 1. The Labute approximate surface area is 105 Å². The van der Waals surface area contributed by atoms with E-state index in [-0.39, 0.29) is 16.6 Å². The van der Waals surface area contributed by atoms with Crippen molar-refractivity contribution in [3.8, 4) is 0 Å². The highest BCUT2D eigenvalue weighted by atomic mass is 19.1. The molecule has 0 fully saturated rings. The molecule has 1 aromatic carbocycles. The van der Waals surface area contributed by atoms with Crippen LogP contribution in [0.15, 0.2) is 23.1 Å². The first-order chi connectivity index (χ1) is 8.90. The molecule has 0 spiro atoms. The molecular formula is C12H9FN2O4. The molecule has 1 amide bonds. The van der Waals surface area contributed by atoms with Gasteiger partial charge in [0.15, 0.2) is 0 Å². The third kappa shape index (κ3) is 2.30. The van der Waals surface area contributed by atoms with Gasteiger partial charge in [-0.25, -0.2) is 9.18 Å².